The smallest absolute Gasteiger partial charge is 0.232 e. The molecule has 0 atom stereocenters. The number of thiocarbonyl (C=S) groups is 1. The fraction of sp³-hybridized carbons (Fsp3) is 0.312. The van der Waals surface area contributed by atoms with E-state index in [1.165, 1.54) is 12.1 Å². The van der Waals surface area contributed by atoms with E-state index >= 15 is 0 Å². The second kappa shape index (κ2) is 8.37. The highest BCUT2D eigenvalue weighted by atomic mass is 35.5. The number of hydrogen-bond donors (Lipinski definition) is 2. The second-order valence-electron chi connectivity index (χ2n) is 5.41. The van der Waals surface area contributed by atoms with Crippen LogP contribution in [0.3, 0.4) is 0 Å². The Hall–Kier alpha value is -2.03. The first-order chi connectivity index (χ1) is 12.1. The molecule has 1 aliphatic rings. The molecule has 0 unspecified atom stereocenters. The van der Waals surface area contributed by atoms with Crippen molar-refractivity contribution in [1.82, 2.24) is 15.3 Å². The molecule has 1 saturated heterocycles. The van der Waals surface area contributed by atoms with Gasteiger partial charge in [0.1, 0.15) is 16.8 Å². The van der Waals surface area contributed by atoms with Crippen molar-refractivity contribution < 1.29 is 9.13 Å². The molecule has 9 heteroatoms. The highest BCUT2D eigenvalue weighted by Crippen LogP contribution is 2.19. The maximum Gasteiger partial charge on any atom is 0.232 e. The van der Waals surface area contributed by atoms with Crippen LogP contribution in [0.4, 0.5) is 16.2 Å². The Morgan fingerprint density at radius 1 is 1.24 bits per heavy atom. The predicted octanol–water partition coefficient (Wildman–Crippen LogP) is 2.59. The Balaban J connectivity index is 1.60. The molecule has 0 aliphatic carbocycles. The number of rotatable bonds is 4. The third-order valence-electron chi connectivity index (χ3n) is 3.61. The highest BCUT2D eigenvalue weighted by molar-refractivity contribution is 7.80. The summed E-state index contributed by atoms with van der Waals surface area (Å²) in [6.07, 6.45) is 0. The molecule has 0 radical (unpaired) electrons. The van der Waals surface area contributed by atoms with Gasteiger partial charge in [-0.25, -0.2) is 9.37 Å². The summed E-state index contributed by atoms with van der Waals surface area (Å²) in [5, 5.41) is 6.65. The van der Waals surface area contributed by atoms with E-state index in [9.17, 15) is 4.39 Å². The van der Waals surface area contributed by atoms with Crippen molar-refractivity contribution >= 4 is 40.7 Å². The van der Waals surface area contributed by atoms with Gasteiger partial charge in [-0.15, -0.1) is 0 Å². The Kier molecular flexibility index (Phi) is 5.95. The van der Waals surface area contributed by atoms with E-state index < -0.39 is 0 Å². The third-order valence-corrected chi connectivity index (χ3v) is 4.05. The van der Waals surface area contributed by atoms with Crippen LogP contribution in [0.2, 0.25) is 5.15 Å². The van der Waals surface area contributed by atoms with Gasteiger partial charge >= 0.3 is 0 Å². The zero-order valence-electron chi connectivity index (χ0n) is 13.3. The minimum Gasteiger partial charge on any atom is -0.378 e. The van der Waals surface area contributed by atoms with Crippen molar-refractivity contribution in [3.8, 4) is 0 Å². The van der Waals surface area contributed by atoms with E-state index in [1.807, 2.05) is 0 Å². The predicted molar refractivity (Wildman–Crippen MR) is 99.5 cm³/mol. The Morgan fingerprint density at radius 2 is 1.96 bits per heavy atom. The molecule has 0 bridgehead atoms. The van der Waals surface area contributed by atoms with E-state index in [0.717, 1.165) is 24.5 Å². The number of nitrogens with one attached hydrogen (secondary N) is 2. The molecule has 132 valence electrons. The van der Waals surface area contributed by atoms with Gasteiger partial charge in [0.05, 0.1) is 13.2 Å². The number of morpholine rings is 1. The first kappa shape index (κ1) is 17.8. The van der Waals surface area contributed by atoms with Crippen LogP contribution in [0.5, 0.6) is 0 Å². The number of nitrogens with zero attached hydrogens (tertiary/aromatic N) is 3. The van der Waals surface area contributed by atoms with Crippen LogP contribution in [0.1, 0.15) is 5.56 Å². The molecular weight excluding hydrogens is 365 g/mol. The monoisotopic (exact) mass is 381 g/mol. The summed E-state index contributed by atoms with van der Waals surface area (Å²) in [7, 11) is 0. The Bertz CT molecular complexity index is 740. The summed E-state index contributed by atoms with van der Waals surface area (Å²) in [6, 6.07) is 7.91. The van der Waals surface area contributed by atoms with E-state index in [2.05, 4.69) is 25.5 Å². The van der Waals surface area contributed by atoms with Gasteiger partial charge in [-0.3, -0.25) is 0 Å². The average molecular weight is 382 g/mol. The van der Waals surface area contributed by atoms with Crippen LogP contribution in [-0.4, -0.2) is 41.4 Å². The van der Waals surface area contributed by atoms with E-state index in [1.54, 1.807) is 18.2 Å². The van der Waals surface area contributed by atoms with Gasteiger partial charge in [-0.2, -0.15) is 4.98 Å². The fourth-order valence-electron chi connectivity index (χ4n) is 2.35. The molecule has 2 heterocycles. The lowest BCUT2D eigenvalue weighted by atomic mass is 10.2. The minimum atomic E-state index is -0.271. The van der Waals surface area contributed by atoms with Gasteiger partial charge in [0.2, 0.25) is 5.95 Å². The summed E-state index contributed by atoms with van der Waals surface area (Å²) in [6.45, 7) is 3.27. The molecule has 1 aromatic carbocycles. The SMILES string of the molecule is Fc1ccc(CNC(=S)Nc2nc(Cl)cc(N3CCOCC3)n2)cc1. The lowest BCUT2D eigenvalue weighted by molar-refractivity contribution is 0.122. The maximum atomic E-state index is 12.9. The van der Waals surface area contributed by atoms with Crippen LogP contribution in [0.25, 0.3) is 0 Å². The van der Waals surface area contributed by atoms with Crippen LogP contribution < -0.4 is 15.5 Å². The number of aromatic nitrogens is 2. The molecular formula is C16H17ClFN5OS. The molecule has 0 saturated carbocycles. The number of halogens is 2. The van der Waals surface area contributed by atoms with Crippen molar-refractivity contribution in [2.24, 2.45) is 0 Å². The summed E-state index contributed by atoms with van der Waals surface area (Å²) in [5.74, 6) is 0.783. The second-order valence-corrected chi connectivity index (χ2v) is 6.20. The summed E-state index contributed by atoms with van der Waals surface area (Å²) >= 11 is 11.3. The maximum absolute atomic E-state index is 12.9. The molecule has 6 nitrogen and oxygen atoms in total. The molecule has 2 N–H and O–H groups in total. The van der Waals surface area contributed by atoms with E-state index in [0.29, 0.717) is 36.0 Å². The molecule has 1 aliphatic heterocycles. The van der Waals surface area contributed by atoms with Crippen molar-refractivity contribution in [1.29, 1.82) is 0 Å². The van der Waals surface area contributed by atoms with Crippen LogP contribution in [-0.2, 0) is 11.3 Å². The molecule has 0 amide bonds. The van der Waals surface area contributed by atoms with Gasteiger partial charge in [-0.1, -0.05) is 23.7 Å². The topological polar surface area (TPSA) is 62.3 Å². The van der Waals surface area contributed by atoms with Gasteiger partial charge in [0.25, 0.3) is 0 Å². The molecule has 1 fully saturated rings. The van der Waals surface area contributed by atoms with Gasteiger partial charge in [0, 0.05) is 25.7 Å². The zero-order chi connectivity index (χ0) is 17.6. The lowest BCUT2D eigenvalue weighted by Gasteiger charge is -2.28. The number of anilines is 2. The van der Waals surface area contributed by atoms with E-state index in [-0.39, 0.29) is 5.82 Å². The van der Waals surface area contributed by atoms with Gasteiger partial charge in [0.15, 0.2) is 5.11 Å². The number of benzene rings is 1. The van der Waals surface area contributed by atoms with Crippen molar-refractivity contribution in [2.75, 3.05) is 36.5 Å². The molecule has 0 spiro atoms. The van der Waals surface area contributed by atoms with E-state index in [4.69, 9.17) is 28.6 Å². The first-order valence-electron chi connectivity index (χ1n) is 7.77. The van der Waals surface area contributed by atoms with Crippen LogP contribution >= 0.6 is 23.8 Å². The quantitative estimate of drug-likeness (QED) is 0.623. The van der Waals surface area contributed by atoms with Crippen molar-refractivity contribution in [2.45, 2.75) is 6.54 Å². The Morgan fingerprint density at radius 3 is 2.68 bits per heavy atom. The number of hydrogen-bond acceptors (Lipinski definition) is 5. The van der Waals surface area contributed by atoms with Crippen LogP contribution in [0.15, 0.2) is 30.3 Å². The average Bonchev–Trinajstić information content (AvgIpc) is 2.61. The number of ether oxygens (including phenoxy) is 1. The summed E-state index contributed by atoms with van der Waals surface area (Å²) in [5.41, 5.74) is 0.909. The molecule has 2 aromatic rings. The summed E-state index contributed by atoms with van der Waals surface area (Å²) in [4.78, 5) is 10.7. The normalized spacial score (nSPS) is 14.2. The first-order valence-corrected chi connectivity index (χ1v) is 8.55. The standard InChI is InChI=1S/C16H17ClFN5OS/c17-13-9-14(23-5-7-24-8-6-23)21-15(20-13)22-16(25)19-10-11-1-3-12(18)4-2-11/h1-4,9H,5-8,10H2,(H2,19,20,21,22,25). The van der Waals surface area contributed by atoms with Gasteiger partial charge in [-0.05, 0) is 29.9 Å². The van der Waals surface area contributed by atoms with Crippen molar-refractivity contribution in [3.63, 3.8) is 0 Å². The minimum absolute atomic E-state index is 0.271. The lowest BCUT2D eigenvalue weighted by Crippen LogP contribution is -2.37. The third kappa shape index (κ3) is 5.22. The Labute approximate surface area is 155 Å². The molecule has 25 heavy (non-hydrogen) atoms. The van der Waals surface area contributed by atoms with Crippen molar-refractivity contribution in [3.05, 3.63) is 46.9 Å². The van der Waals surface area contributed by atoms with Gasteiger partial charge < -0.3 is 20.3 Å². The van der Waals surface area contributed by atoms with Crippen LogP contribution in [0, 0.1) is 5.82 Å². The summed E-state index contributed by atoms with van der Waals surface area (Å²) < 4.78 is 18.2. The highest BCUT2D eigenvalue weighted by Gasteiger charge is 2.15. The largest absolute Gasteiger partial charge is 0.378 e. The fourth-order valence-corrected chi connectivity index (χ4v) is 2.69. The zero-order valence-corrected chi connectivity index (χ0v) is 14.9. The molecule has 1 aromatic heterocycles. The molecule has 3 rings (SSSR count).